The summed E-state index contributed by atoms with van der Waals surface area (Å²) in [5.74, 6) is 0.481. The van der Waals surface area contributed by atoms with Crippen LogP contribution in [0.25, 0.3) is 10.6 Å². The number of hydrogen-bond acceptors (Lipinski definition) is 4. The lowest BCUT2D eigenvalue weighted by molar-refractivity contribution is 0.163. The molecule has 114 valence electrons. The van der Waals surface area contributed by atoms with Crippen LogP contribution in [0.2, 0.25) is 0 Å². The molecule has 4 heteroatoms. The molecule has 0 fully saturated rings. The van der Waals surface area contributed by atoms with Crippen molar-refractivity contribution >= 4 is 11.3 Å². The van der Waals surface area contributed by atoms with E-state index in [9.17, 15) is 5.11 Å². The fraction of sp³-hybridized carbons (Fsp3) is 0.471. The predicted molar refractivity (Wildman–Crippen MR) is 89.5 cm³/mol. The molecule has 0 radical (unpaired) electrons. The number of aryl methyl sites for hydroxylation is 1. The van der Waals surface area contributed by atoms with E-state index in [-0.39, 0.29) is 6.10 Å². The maximum Gasteiger partial charge on any atom is 0.123 e. The minimum absolute atomic E-state index is 0.224. The molecule has 2 aromatic rings. The summed E-state index contributed by atoms with van der Waals surface area (Å²) in [6.45, 7) is 7.85. The normalized spacial score (nSPS) is 14.1. The lowest BCUT2D eigenvalue weighted by atomic mass is 10.1. The van der Waals surface area contributed by atoms with Crippen LogP contribution in [0.4, 0.5) is 0 Å². The van der Waals surface area contributed by atoms with Crippen LogP contribution >= 0.6 is 11.3 Å². The molecule has 0 aliphatic carbocycles. The largest absolute Gasteiger partial charge is 0.393 e. The van der Waals surface area contributed by atoms with Crippen molar-refractivity contribution in [2.75, 3.05) is 6.54 Å². The number of benzene rings is 1. The summed E-state index contributed by atoms with van der Waals surface area (Å²) >= 11 is 1.73. The van der Waals surface area contributed by atoms with Crippen LogP contribution in [-0.4, -0.2) is 22.7 Å². The minimum Gasteiger partial charge on any atom is -0.393 e. The third kappa shape index (κ3) is 5.23. The zero-order chi connectivity index (χ0) is 15.2. The first-order chi connectivity index (χ1) is 10.0. The Morgan fingerprint density at radius 2 is 1.95 bits per heavy atom. The van der Waals surface area contributed by atoms with Gasteiger partial charge in [-0.3, -0.25) is 0 Å². The highest BCUT2D eigenvalue weighted by Gasteiger charge is 2.07. The van der Waals surface area contributed by atoms with Crippen LogP contribution in [0.5, 0.6) is 0 Å². The average Bonchev–Trinajstić information content (AvgIpc) is 2.87. The molecule has 0 aliphatic heterocycles. The molecule has 2 rings (SSSR count). The lowest BCUT2D eigenvalue weighted by Gasteiger charge is -2.13. The molecule has 0 saturated carbocycles. The second-order valence-electron chi connectivity index (χ2n) is 5.82. The number of rotatable bonds is 7. The van der Waals surface area contributed by atoms with Crippen LogP contribution in [0.1, 0.15) is 30.7 Å². The first-order valence-corrected chi connectivity index (χ1v) is 8.26. The first-order valence-electron chi connectivity index (χ1n) is 7.45. The highest BCUT2D eigenvalue weighted by Crippen LogP contribution is 2.25. The van der Waals surface area contributed by atoms with Crippen molar-refractivity contribution in [2.24, 2.45) is 5.92 Å². The van der Waals surface area contributed by atoms with Crippen molar-refractivity contribution in [3.05, 3.63) is 40.9 Å². The van der Waals surface area contributed by atoms with E-state index in [2.05, 4.69) is 48.4 Å². The lowest BCUT2D eigenvalue weighted by Crippen LogP contribution is -2.22. The fourth-order valence-electron chi connectivity index (χ4n) is 2.33. The van der Waals surface area contributed by atoms with E-state index in [1.807, 2.05) is 13.1 Å². The van der Waals surface area contributed by atoms with E-state index in [1.165, 1.54) is 16.0 Å². The Morgan fingerprint density at radius 3 is 2.62 bits per heavy atom. The Kier molecular flexibility index (Phi) is 5.91. The number of hydrogen-bond donors (Lipinski definition) is 2. The summed E-state index contributed by atoms with van der Waals surface area (Å²) < 4.78 is 0. The highest BCUT2D eigenvalue weighted by molar-refractivity contribution is 7.15. The van der Waals surface area contributed by atoms with E-state index in [0.29, 0.717) is 5.92 Å². The summed E-state index contributed by atoms with van der Waals surface area (Å²) in [5, 5.41) is 13.9. The second kappa shape index (κ2) is 7.69. The van der Waals surface area contributed by atoms with Crippen molar-refractivity contribution in [1.29, 1.82) is 0 Å². The molecule has 1 aromatic heterocycles. The molecule has 2 N–H and O–H groups in total. The molecule has 0 amide bonds. The summed E-state index contributed by atoms with van der Waals surface area (Å²) in [4.78, 5) is 5.75. The molecule has 3 nitrogen and oxygen atoms in total. The zero-order valence-electron chi connectivity index (χ0n) is 13.0. The fourth-order valence-corrected chi connectivity index (χ4v) is 3.21. The van der Waals surface area contributed by atoms with Gasteiger partial charge in [0.1, 0.15) is 5.01 Å². The molecule has 2 atom stereocenters. The predicted octanol–water partition coefficient (Wildman–Crippen LogP) is 3.62. The van der Waals surface area contributed by atoms with Crippen molar-refractivity contribution in [3.63, 3.8) is 0 Å². The average molecular weight is 304 g/mol. The molecule has 0 spiro atoms. The standard InChI is InChI=1S/C17H24N2OS/c1-12-4-6-15(7-5-12)17-19-11-16(21-17)10-18-9-13(2)8-14(3)20/h4-7,11,13-14,18,20H,8-10H2,1-3H3. The molecule has 21 heavy (non-hydrogen) atoms. The van der Waals surface area contributed by atoms with Crippen molar-refractivity contribution in [2.45, 2.75) is 39.8 Å². The second-order valence-corrected chi connectivity index (χ2v) is 6.93. The molecule has 1 aromatic carbocycles. The molecule has 2 unspecified atom stereocenters. The number of aromatic nitrogens is 1. The quantitative estimate of drug-likeness (QED) is 0.821. The van der Waals surface area contributed by atoms with Crippen molar-refractivity contribution in [1.82, 2.24) is 10.3 Å². The van der Waals surface area contributed by atoms with E-state index in [1.54, 1.807) is 11.3 Å². The van der Waals surface area contributed by atoms with Crippen LogP contribution in [0, 0.1) is 12.8 Å². The summed E-state index contributed by atoms with van der Waals surface area (Å²) in [7, 11) is 0. The number of aliphatic hydroxyl groups is 1. The van der Waals surface area contributed by atoms with Gasteiger partial charge in [0.2, 0.25) is 0 Å². The van der Waals surface area contributed by atoms with Gasteiger partial charge in [0.05, 0.1) is 6.10 Å². The summed E-state index contributed by atoms with van der Waals surface area (Å²) in [6.07, 6.45) is 2.56. The Morgan fingerprint density at radius 1 is 1.24 bits per heavy atom. The van der Waals surface area contributed by atoms with Crippen molar-refractivity contribution < 1.29 is 5.11 Å². The monoisotopic (exact) mass is 304 g/mol. The Balaban J connectivity index is 1.84. The van der Waals surface area contributed by atoms with E-state index < -0.39 is 0 Å². The van der Waals surface area contributed by atoms with Gasteiger partial charge in [0.25, 0.3) is 0 Å². The van der Waals surface area contributed by atoms with Crippen LogP contribution in [-0.2, 0) is 6.54 Å². The van der Waals surface area contributed by atoms with Gasteiger partial charge in [-0.15, -0.1) is 11.3 Å². The van der Waals surface area contributed by atoms with Gasteiger partial charge in [-0.2, -0.15) is 0 Å². The Bertz CT molecular complexity index is 548. The number of nitrogens with zero attached hydrogens (tertiary/aromatic N) is 1. The van der Waals surface area contributed by atoms with Gasteiger partial charge < -0.3 is 10.4 Å². The van der Waals surface area contributed by atoms with Crippen LogP contribution < -0.4 is 5.32 Å². The Hall–Kier alpha value is -1.23. The van der Waals surface area contributed by atoms with E-state index in [4.69, 9.17) is 0 Å². The number of aliphatic hydroxyl groups excluding tert-OH is 1. The molecular weight excluding hydrogens is 280 g/mol. The molecule has 0 saturated heterocycles. The third-order valence-electron chi connectivity index (χ3n) is 3.39. The van der Waals surface area contributed by atoms with Gasteiger partial charge in [0.15, 0.2) is 0 Å². The zero-order valence-corrected chi connectivity index (χ0v) is 13.8. The topological polar surface area (TPSA) is 45.2 Å². The maximum atomic E-state index is 9.35. The SMILES string of the molecule is Cc1ccc(-c2ncc(CNCC(C)CC(C)O)s2)cc1. The molecule has 0 bridgehead atoms. The summed E-state index contributed by atoms with van der Waals surface area (Å²) in [6, 6.07) is 8.48. The van der Waals surface area contributed by atoms with Gasteiger partial charge in [0, 0.05) is 23.2 Å². The molecule has 1 heterocycles. The summed E-state index contributed by atoms with van der Waals surface area (Å²) in [5.41, 5.74) is 2.45. The smallest absolute Gasteiger partial charge is 0.123 e. The minimum atomic E-state index is -0.224. The van der Waals surface area contributed by atoms with Gasteiger partial charge in [-0.05, 0) is 32.7 Å². The highest BCUT2D eigenvalue weighted by atomic mass is 32.1. The van der Waals surface area contributed by atoms with Crippen molar-refractivity contribution in [3.8, 4) is 10.6 Å². The van der Waals surface area contributed by atoms with E-state index >= 15 is 0 Å². The molecule has 0 aliphatic rings. The Labute approximate surface area is 131 Å². The van der Waals surface area contributed by atoms with Crippen LogP contribution in [0.15, 0.2) is 30.5 Å². The van der Waals surface area contributed by atoms with Gasteiger partial charge in [-0.25, -0.2) is 4.98 Å². The third-order valence-corrected chi connectivity index (χ3v) is 4.43. The maximum absolute atomic E-state index is 9.35. The first kappa shape index (κ1) is 16.1. The molecular formula is C17H24N2OS. The van der Waals surface area contributed by atoms with Gasteiger partial charge in [-0.1, -0.05) is 36.8 Å². The van der Waals surface area contributed by atoms with E-state index in [0.717, 1.165) is 24.5 Å². The number of nitrogens with one attached hydrogen (secondary N) is 1. The number of thiazole rings is 1. The van der Waals surface area contributed by atoms with Gasteiger partial charge >= 0.3 is 0 Å². The van der Waals surface area contributed by atoms with Crippen LogP contribution in [0.3, 0.4) is 0 Å².